The van der Waals surface area contributed by atoms with Gasteiger partial charge in [-0.2, -0.15) is 0 Å². The molecule has 5 heteroatoms. The minimum atomic E-state index is 0.334. The summed E-state index contributed by atoms with van der Waals surface area (Å²) in [4.78, 5) is 4.35. The van der Waals surface area contributed by atoms with E-state index < -0.39 is 0 Å². The van der Waals surface area contributed by atoms with E-state index in [9.17, 15) is 0 Å². The highest BCUT2D eigenvalue weighted by molar-refractivity contribution is 9.11. The summed E-state index contributed by atoms with van der Waals surface area (Å²) in [6.07, 6.45) is 4.20. The molecule has 1 saturated heterocycles. The molecule has 0 aliphatic carbocycles. The predicted molar refractivity (Wildman–Crippen MR) is 71.7 cm³/mol. The zero-order chi connectivity index (χ0) is 11.5. The molecule has 0 bridgehead atoms. The highest BCUT2D eigenvalue weighted by atomic mass is 79.9. The predicted octanol–water partition coefficient (Wildman–Crippen LogP) is 3.59. The lowest BCUT2D eigenvalue weighted by Crippen LogP contribution is -2.32. The summed E-state index contributed by atoms with van der Waals surface area (Å²) in [5, 5.41) is 3.45. The van der Waals surface area contributed by atoms with Gasteiger partial charge in [0.25, 0.3) is 0 Å². The molecule has 0 aromatic carbocycles. The first-order valence-electron chi connectivity index (χ1n) is 5.34. The molecular weight excluding hydrogens is 336 g/mol. The second-order valence-electron chi connectivity index (χ2n) is 4.03. The van der Waals surface area contributed by atoms with Crippen molar-refractivity contribution in [1.29, 1.82) is 0 Å². The monoisotopic (exact) mass is 348 g/mol. The molecule has 3 nitrogen and oxygen atoms in total. The van der Waals surface area contributed by atoms with E-state index in [0.717, 1.165) is 34.2 Å². The van der Waals surface area contributed by atoms with Crippen LogP contribution in [0.25, 0.3) is 0 Å². The van der Waals surface area contributed by atoms with Gasteiger partial charge in [-0.05, 0) is 57.7 Å². The molecule has 2 unspecified atom stereocenters. The first-order valence-corrected chi connectivity index (χ1v) is 6.93. The van der Waals surface area contributed by atoms with Gasteiger partial charge in [-0.25, -0.2) is 4.98 Å². The van der Waals surface area contributed by atoms with Crippen molar-refractivity contribution in [2.75, 3.05) is 11.9 Å². The van der Waals surface area contributed by atoms with Gasteiger partial charge in [-0.3, -0.25) is 0 Å². The highest BCUT2D eigenvalue weighted by Crippen LogP contribution is 2.26. The number of anilines is 1. The second-order valence-corrected chi connectivity index (χ2v) is 5.80. The standard InChI is InChI=1S/C11H14Br2N2O/c1-7-4-9(2-3-16-7)15-11-10(13)5-8(12)6-14-11/h5-7,9H,2-4H2,1H3,(H,14,15). The zero-order valence-electron chi connectivity index (χ0n) is 9.04. The van der Waals surface area contributed by atoms with Crippen LogP contribution in [0.15, 0.2) is 21.2 Å². The van der Waals surface area contributed by atoms with Crippen molar-refractivity contribution >= 4 is 37.7 Å². The summed E-state index contributed by atoms with van der Waals surface area (Å²) in [6, 6.07) is 2.45. The minimum absolute atomic E-state index is 0.334. The van der Waals surface area contributed by atoms with E-state index in [1.165, 1.54) is 0 Å². The van der Waals surface area contributed by atoms with Crippen molar-refractivity contribution < 1.29 is 4.74 Å². The van der Waals surface area contributed by atoms with Crippen LogP contribution in [0.4, 0.5) is 5.82 Å². The van der Waals surface area contributed by atoms with E-state index in [2.05, 4.69) is 49.1 Å². The maximum atomic E-state index is 5.52. The molecule has 16 heavy (non-hydrogen) atoms. The Morgan fingerprint density at radius 3 is 3.00 bits per heavy atom. The number of halogens is 2. The molecule has 1 aliphatic rings. The van der Waals surface area contributed by atoms with Gasteiger partial charge >= 0.3 is 0 Å². The number of nitrogens with zero attached hydrogens (tertiary/aromatic N) is 1. The molecule has 88 valence electrons. The van der Waals surface area contributed by atoms with Gasteiger partial charge in [-0.1, -0.05) is 0 Å². The molecule has 1 N–H and O–H groups in total. The van der Waals surface area contributed by atoms with E-state index in [1.54, 1.807) is 6.20 Å². The Hall–Kier alpha value is -0.130. The molecular formula is C11H14Br2N2O. The molecule has 0 radical (unpaired) electrons. The number of rotatable bonds is 2. The van der Waals surface area contributed by atoms with Gasteiger partial charge in [0, 0.05) is 23.3 Å². The van der Waals surface area contributed by atoms with Crippen LogP contribution < -0.4 is 5.32 Å². The van der Waals surface area contributed by atoms with Crippen LogP contribution in [0, 0.1) is 0 Å². The zero-order valence-corrected chi connectivity index (χ0v) is 12.2. The van der Waals surface area contributed by atoms with Crippen molar-refractivity contribution in [3.8, 4) is 0 Å². The van der Waals surface area contributed by atoms with Gasteiger partial charge < -0.3 is 10.1 Å². The third-order valence-electron chi connectivity index (χ3n) is 2.63. The third kappa shape index (κ3) is 3.18. The molecule has 2 atom stereocenters. The SMILES string of the molecule is CC1CC(Nc2ncc(Br)cc2Br)CCO1. The number of pyridine rings is 1. The van der Waals surface area contributed by atoms with Crippen LogP contribution in [0.3, 0.4) is 0 Å². The maximum Gasteiger partial charge on any atom is 0.140 e. The van der Waals surface area contributed by atoms with Gasteiger partial charge in [-0.15, -0.1) is 0 Å². The average Bonchev–Trinajstić information content (AvgIpc) is 2.22. The van der Waals surface area contributed by atoms with E-state index >= 15 is 0 Å². The Morgan fingerprint density at radius 2 is 2.31 bits per heavy atom. The summed E-state index contributed by atoms with van der Waals surface area (Å²) in [5.74, 6) is 0.905. The fourth-order valence-electron chi connectivity index (χ4n) is 1.84. The van der Waals surface area contributed by atoms with Crippen LogP contribution in [0.5, 0.6) is 0 Å². The maximum absolute atomic E-state index is 5.52. The Kier molecular flexibility index (Phi) is 4.21. The van der Waals surface area contributed by atoms with Gasteiger partial charge in [0.2, 0.25) is 0 Å². The fourth-order valence-corrected chi connectivity index (χ4v) is 2.95. The lowest BCUT2D eigenvalue weighted by atomic mass is 10.0. The molecule has 1 fully saturated rings. The lowest BCUT2D eigenvalue weighted by Gasteiger charge is -2.28. The molecule has 1 aromatic rings. The van der Waals surface area contributed by atoms with Crippen LogP contribution in [-0.4, -0.2) is 23.7 Å². The molecule has 0 spiro atoms. The van der Waals surface area contributed by atoms with E-state index in [4.69, 9.17) is 4.74 Å². The van der Waals surface area contributed by atoms with Gasteiger partial charge in [0.1, 0.15) is 5.82 Å². The Balaban J connectivity index is 2.02. The Morgan fingerprint density at radius 1 is 1.50 bits per heavy atom. The van der Waals surface area contributed by atoms with E-state index in [-0.39, 0.29) is 0 Å². The Labute approximate surface area is 112 Å². The lowest BCUT2D eigenvalue weighted by molar-refractivity contribution is 0.0231. The number of hydrogen-bond donors (Lipinski definition) is 1. The van der Waals surface area contributed by atoms with Crippen molar-refractivity contribution in [3.63, 3.8) is 0 Å². The topological polar surface area (TPSA) is 34.2 Å². The van der Waals surface area contributed by atoms with Crippen LogP contribution in [0.1, 0.15) is 19.8 Å². The molecule has 1 aromatic heterocycles. The van der Waals surface area contributed by atoms with Crippen molar-refractivity contribution in [2.24, 2.45) is 0 Å². The number of hydrogen-bond acceptors (Lipinski definition) is 3. The molecule has 0 amide bonds. The normalized spacial score (nSPS) is 25.4. The summed E-state index contributed by atoms with van der Waals surface area (Å²) in [7, 11) is 0. The molecule has 0 saturated carbocycles. The first-order chi connectivity index (χ1) is 7.65. The smallest absolute Gasteiger partial charge is 0.140 e. The summed E-state index contributed by atoms with van der Waals surface area (Å²) < 4.78 is 7.48. The van der Waals surface area contributed by atoms with Crippen molar-refractivity contribution in [2.45, 2.75) is 31.9 Å². The van der Waals surface area contributed by atoms with Crippen molar-refractivity contribution in [3.05, 3.63) is 21.2 Å². The first kappa shape index (κ1) is 12.3. The average molecular weight is 350 g/mol. The van der Waals surface area contributed by atoms with Gasteiger partial charge in [0.05, 0.1) is 10.6 Å². The summed E-state index contributed by atoms with van der Waals surface area (Å²) >= 11 is 6.89. The third-order valence-corrected chi connectivity index (χ3v) is 3.67. The number of nitrogens with one attached hydrogen (secondary N) is 1. The quantitative estimate of drug-likeness (QED) is 0.885. The second kappa shape index (κ2) is 5.47. The van der Waals surface area contributed by atoms with Crippen LogP contribution in [0.2, 0.25) is 0 Å². The highest BCUT2D eigenvalue weighted by Gasteiger charge is 2.20. The van der Waals surface area contributed by atoms with Crippen LogP contribution in [-0.2, 0) is 4.74 Å². The van der Waals surface area contributed by atoms with E-state index in [0.29, 0.717) is 12.1 Å². The van der Waals surface area contributed by atoms with Crippen molar-refractivity contribution in [1.82, 2.24) is 4.98 Å². The Bertz CT molecular complexity index is 373. The fraction of sp³-hybridized carbons (Fsp3) is 0.545. The molecule has 2 rings (SSSR count). The summed E-state index contributed by atoms with van der Waals surface area (Å²) in [6.45, 7) is 2.94. The van der Waals surface area contributed by atoms with E-state index in [1.807, 2.05) is 6.07 Å². The largest absolute Gasteiger partial charge is 0.378 e. The van der Waals surface area contributed by atoms with Crippen LogP contribution >= 0.6 is 31.9 Å². The number of aromatic nitrogens is 1. The molecule has 2 heterocycles. The summed E-state index contributed by atoms with van der Waals surface area (Å²) in [5.41, 5.74) is 0. The molecule has 1 aliphatic heterocycles. The minimum Gasteiger partial charge on any atom is -0.378 e. The van der Waals surface area contributed by atoms with Gasteiger partial charge in [0.15, 0.2) is 0 Å². The number of ether oxygens (including phenoxy) is 1.